The standard InChI is InChI=1S/C32H34ClN3O5/c1-3-16-34-17-8-14-24-25(29(34)38)26-30(39)36(23(19-37)21-11-5-4-6-12-21)28-31(40)35(18-9-15-32(26,28)41-24)27-20(2)10-7-13-22(27)33/h4-15,23-26,28,37H,3,16-19H2,1-2H3/t23-,24+,25-,26+,28?,32+/m1/s1. The normalized spacial score (nSPS) is 29.8. The van der Waals surface area contributed by atoms with Crippen LogP contribution in [-0.2, 0) is 19.1 Å². The minimum Gasteiger partial charge on any atom is -0.394 e. The molecule has 6 atom stereocenters. The number of fused-ring (bicyclic) bond motifs is 2. The van der Waals surface area contributed by atoms with Gasteiger partial charge in [-0.05, 0) is 30.5 Å². The number of aryl methyl sites for hydroxylation is 1. The molecule has 6 rings (SSSR count). The number of carbonyl (C=O) groups excluding carboxylic acids is 3. The SMILES string of the molecule is CCCN1CC=C[C@@H]2O[C@]34C=CCN(c5c(C)cccc5Cl)C(=O)C3N([C@H](CO)c3ccccc3)C(=O)[C@@H]4[C@@H]2C1=O. The summed E-state index contributed by atoms with van der Waals surface area (Å²) in [6, 6.07) is 12.7. The number of rotatable bonds is 6. The first-order valence-corrected chi connectivity index (χ1v) is 14.6. The van der Waals surface area contributed by atoms with Crippen molar-refractivity contribution in [2.75, 3.05) is 31.1 Å². The van der Waals surface area contributed by atoms with Gasteiger partial charge in [0.25, 0.3) is 5.91 Å². The quantitative estimate of drug-likeness (QED) is 0.531. The van der Waals surface area contributed by atoms with Gasteiger partial charge < -0.3 is 24.5 Å². The van der Waals surface area contributed by atoms with Gasteiger partial charge >= 0.3 is 0 Å². The lowest BCUT2D eigenvalue weighted by Crippen LogP contribution is -2.56. The smallest absolute Gasteiger partial charge is 0.253 e. The molecule has 4 heterocycles. The molecular formula is C32H34ClN3O5. The summed E-state index contributed by atoms with van der Waals surface area (Å²) in [7, 11) is 0. The predicted molar refractivity (Wildman–Crippen MR) is 155 cm³/mol. The van der Waals surface area contributed by atoms with Crippen LogP contribution in [0.5, 0.6) is 0 Å². The summed E-state index contributed by atoms with van der Waals surface area (Å²) in [4.78, 5) is 48.2. The largest absolute Gasteiger partial charge is 0.394 e. The van der Waals surface area contributed by atoms with Gasteiger partial charge in [-0.25, -0.2) is 0 Å². The molecule has 1 N–H and O–H groups in total. The third-order valence-corrected chi connectivity index (χ3v) is 9.13. The number of halogens is 1. The van der Waals surface area contributed by atoms with Crippen LogP contribution in [0.15, 0.2) is 72.8 Å². The molecular weight excluding hydrogens is 542 g/mol. The Balaban J connectivity index is 1.53. The molecule has 2 aromatic carbocycles. The van der Waals surface area contributed by atoms with Crippen LogP contribution in [0.1, 0.15) is 30.5 Å². The van der Waals surface area contributed by atoms with Crippen molar-refractivity contribution in [3.63, 3.8) is 0 Å². The topological polar surface area (TPSA) is 90.4 Å². The van der Waals surface area contributed by atoms with Crippen LogP contribution in [0.3, 0.4) is 0 Å². The van der Waals surface area contributed by atoms with Gasteiger partial charge in [0, 0.05) is 19.6 Å². The van der Waals surface area contributed by atoms with E-state index in [4.69, 9.17) is 16.3 Å². The van der Waals surface area contributed by atoms with Gasteiger partial charge in [0.2, 0.25) is 11.8 Å². The van der Waals surface area contributed by atoms with Crippen LogP contribution in [0.2, 0.25) is 5.02 Å². The van der Waals surface area contributed by atoms with Gasteiger partial charge in [0.15, 0.2) is 0 Å². The summed E-state index contributed by atoms with van der Waals surface area (Å²) < 4.78 is 6.74. The van der Waals surface area contributed by atoms with Crippen LogP contribution >= 0.6 is 11.6 Å². The minimum absolute atomic E-state index is 0.151. The highest BCUT2D eigenvalue weighted by molar-refractivity contribution is 6.34. The summed E-state index contributed by atoms with van der Waals surface area (Å²) in [6.07, 6.45) is 7.54. The Hall–Kier alpha value is -3.46. The molecule has 2 fully saturated rings. The molecule has 0 radical (unpaired) electrons. The molecule has 8 nitrogen and oxygen atoms in total. The highest BCUT2D eigenvalue weighted by Crippen LogP contribution is 2.55. The molecule has 9 heteroatoms. The van der Waals surface area contributed by atoms with Crippen molar-refractivity contribution < 1.29 is 24.2 Å². The number of hydrogen-bond acceptors (Lipinski definition) is 5. The molecule has 3 amide bonds. The molecule has 0 aliphatic carbocycles. The van der Waals surface area contributed by atoms with E-state index < -0.39 is 42.2 Å². The second kappa shape index (κ2) is 10.7. The van der Waals surface area contributed by atoms with Crippen LogP contribution in [0, 0.1) is 18.8 Å². The first-order valence-electron chi connectivity index (χ1n) is 14.2. The monoisotopic (exact) mass is 575 g/mol. The molecule has 4 aliphatic rings. The lowest BCUT2D eigenvalue weighted by molar-refractivity contribution is -0.147. The van der Waals surface area contributed by atoms with Crippen LogP contribution in [0.25, 0.3) is 0 Å². The van der Waals surface area contributed by atoms with E-state index >= 15 is 0 Å². The average molecular weight is 576 g/mol. The van der Waals surface area contributed by atoms with Gasteiger partial charge in [0.1, 0.15) is 11.6 Å². The average Bonchev–Trinajstić information content (AvgIpc) is 3.28. The second-order valence-electron chi connectivity index (χ2n) is 11.2. The number of ether oxygens (including phenoxy) is 1. The minimum atomic E-state index is -1.40. The van der Waals surface area contributed by atoms with Crippen molar-refractivity contribution in [1.82, 2.24) is 9.80 Å². The zero-order chi connectivity index (χ0) is 28.9. The number of carbonyl (C=O) groups is 3. The first-order chi connectivity index (χ1) is 19.8. The zero-order valence-corrected chi connectivity index (χ0v) is 23.9. The lowest BCUT2D eigenvalue weighted by atomic mass is 9.77. The molecule has 0 bridgehead atoms. The number of aliphatic hydroxyl groups excluding tert-OH is 1. The van der Waals surface area contributed by atoms with Crippen LogP contribution in [-0.4, -0.2) is 76.6 Å². The zero-order valence-electron chi connectivity index (χ0n) is 23.2. The van der Waals surface area contributed by atoms with Crippen molar-refractivity contribution >= 4 is 35.0 Å². The van der Waals surface area contributed by atoms with E-state index in [0.29, 0.717) is 29.4 Å². The summed E-state index contributed by atoms with van der Waals surface area (Å²) >= 11 is 6.64. The molecule has 4 aliphatic heterocycles. The van der Waals surface area contributed by atoms with Gasteiger partial charge in [-0.3, -0.25) is 14.4 Å². The molecule has 2 aromatic rings. The molecule has 1 unspecified atom stereocenters. The molecule has 1 spiro atoms. The van der Waals surface area contributed by atoms with Crippen molar-refractivity contribution in [3.8, 4) is 0 Å². The van der Waals surface area contributed by atoms with E-state index in [9.17, 15) is 19.5 Å². The summed E-state index contributed by atoms with van der Waals surface area (Å²) in [5, 5.41) is 11.1. The molecule has 0 aromatic heterocycles. The first kappa shape index (κ1) is 27.7. The molecule has 2 saturated heterocycles. The Morgan fingerprint density at radius 3 is 2.51 bits per heavy atom. The summed E-state index contributed by atoms with van der Waals surface area (Å²) in [5.74, 6) is -2.61. The fourth-order valence-electron chi connectivity index (χ4n) is 7.13. The summed E-state index contributed by atoms with van der Waals surface area (Å²) in [5.41, 5.74) is 0.672. The Morgan fingerprint density at radius 2 is 1.80 bits per heavy atom. The number of likely N-dealkylation sites (tertiary alicyclic amines) is 1. The van der Waals surface area contributed by atoms with E-state index in [0.717, 1.165) is 12.0 Å². The fraction of sp³-hybridized carbons (Fsp3) is 0.406. The third kappa shape index (κ3) is 4.23. The van der Waals surface area contributed by atoms with Crippen molar-refractivity contribution in [2.24, 2.45) is 11.8 Å². The van der Waals surface area contributed by atoms with Gasteiger partial charge in [0.05, 0.1) is 41.3 Å². The number of benzene rings is 2. The van der Waals surface area contributed by atoms with Crippen molar-refractivity contribution in [1.29, 1.82) is 0 Å². The fourth-order valence-corrected chi connectivity index (χ4v) is 7.45. The number of amides is 3. The van der Waals surface area contributed by atoms with Gasteiger partial charge in [-0.1, -0.05) is 85.3 Å². The molecule has 41 heavy (non-hydrogen) atoms. The van der Waals surface area contributed by atoms with Crippen LogP contribution in [0.4, 0.5) is 5.69 Å². The molecule has 214 valence electrons. The predicted octanol–water partition coefficient (Wildman–Crippen LogP) is 3.67. The maximum Gasteiger partial charge on any atom is 0.253 e. The van der Waals surface area contributed by atoms with Crippen LogP contribution < -0.4 is 4.90 Å². The second-order valence-corrected chi connectivity index (χ2v) is 11.6. The van der Waals surface area contributed by atoms with E-state index in [2.05, 4.69) is 0 Å². The maximum absolute atomic E-state index is 14.8. The maximum atomic E-state index is 14.8. The van der Waals surface area contributed by atoms with E-state index in [1.54, 1.807) is 15.9 Å². The van der Waals surface area contributed by atoms with E-state index in [1.807, 2.05) is 80.6 Å². The van der Waals surface area contributed by atoms with Gasteiger partial charge in [-0.15, -0.1) is 0 Å². The number of anilines is 1. The number of para-hydroxylation sites is 1. The number of nitrogens with zero attached hydrogens (tertiary/aromatic N) is 3. The highest BCUT2D eigenvalue weighted by Gasteiger charge is 2.72. The number of aliphatic hydroxyl groups is 1. The Kier molecular flexibility index (Phi) is 7.26. The third-order valence-electron chi connectivity index (χ3n) is 8.83. The highest BCUT2D eigenvalue weighted by atomic mass is 35.5. The summed E-state index contributed by atoms with van der Waals surface area (Å²) in [6.45, 7) is 4.72. The van der Waals surface area contributed by atoms with Crippen molar-refractivity contribution in [2.45, 2.75) is 44.1 Å². The van der Waals surface area contributed by atoms with Crippen molar-refractivity contribution in [3.05, 3.63) is 89.0 Å². The molecule has 0 saturated carbocycles. The Labute approximate surface area is 244 Å². The lowest BCUT2D eigenvalue weighted by Gasteiger charge is -2.39. The van der Waals surface area contributed by atoms with E-state index in [-0.39, 0.29) is 24.3 Å². The Morgan fingerprint density at radius 1 is 1.02 bits per heavy atom. The van der Waals surface area contributed by atoms with E-state index in [1.165, 1.54) is 4.90 Å². The Bertz CT molecular complexity index is 1410. The van der Waals surface area contributed by atoms with Gasteiger partial charge in [-0.2, -0.15) is 0 Å². The number of hydrogen-bond donors (Lipinski definition) is 1.